The normalized spacial score (nSPS) is 13.2. The van der Waals surface area contributed by atoms with Crippen LogP contribution in [0.1, 0.15) is 18.1 Å². The van der Waals surface area contributed by atoms with Gasteiger partial charge in [0.1, 0.15) is 18.4 Å². The first-order chi connectivity index (χ1) is 9.51. The zero-order chi connectivity index (χ0) is 15.3. The van der Waals surface area contributed by atoms with Crippen molar-refractivity contribution in [3.63, 3.8) is 0 Å². The molecule has 20 heavy (non-hydrogen) atoms. The fraction of sp³-hybridized carbons (Fsp3) is 0.357. The molecule has 0 saturated heterocycles. The summed E-state index contributed by atoms with van der Waals surface area (Å²) < 4.78 is 5.11. The van der Waals surface area contributed by atoms with Crippen LogP contribution >= 0.6 is 11.6 Å². The van der Waals surface area contributed by atoms with Crippen LogP contribution in [0.2, 0.25) is 5.02 Å². The first-order valence-corrected chi connectivity index (χ1v) is 6.30. The van der Waals surface area contributed by atoms with Gasteiger partial charge in [0.15, 0.2) is 0 Å². The molecule has 0 spiro atoms. The van der Waals surface area contributed by atoms with Crippen molar-refractivity contribution in [3.8, 4) is 6.07 Å². The number of halogens is 1. The number of carbonyl (C=O) groups excluding carboxylic acids is 2. The van der Waals surface area contributed by atoms with Crippen LogP contribution in [0.15, 0.2) is 12.1 Å². The van der Waals surface area contributed by atoms with Gasteiger partial charge in [-0.1, -0.05) is 11.6 Å². The quantitative estimate of drug-likeness (QED) is 0.753. The summed E-state index contributed by atoms with van der Waals surface area (Å²) in [6, 6.07) is 4.31. The van der Waals surface area contributed by atoms with E-state index in [-0.39, 0.29) is 5.02 Å². The molecule has 106 valence electrons. The number of nitriles is 1. The SMILES string of the molecule is COC(C)C(C=O)N(C=O)c1ccc(C#N)c(Cl)c1C. The summed E-state index contributed by atoms with van der Waals surface area (Å²) in [7, 11) is 1.46. The highest BCUT2D eigenvalue weighted by atomic mass is 35.5. The highest BCUT2D eigenvalue weighted by Gasteiger charge is 2.26. The minimum absolute atomic E-state index is 0.270. The minimum Gasteiger partial charge on any atom is -0.379 e. The third-order valence-corrected chi connectivity index (χ3v) is 3.67. The van der Waals surface area contributed by atoms with E-state index in [1.807, 2.05) is 6.07 Å². The van der Waals surface area contributed by atoms with Crippen LogP contribution in [0.4, 0.5) is 5.69 Å². The van der Waals surface area contributed by atoms with E-state index in [1.165, 1.54) is 18.1 Å². The highest BCUT2D eigenvalue weighted by Crippen LogP contribution is 2.30. The van der Waals surface area contributed by atoms with Crippen molar-refractivity contribution in [2.24, 2.45) is 0 Å². The molecule has 5 nitrogen and oxygen atoms in total. The second-order valence-electron chi connectivity index (χ2n) is 4.26. The number of amides is 1. The van der Waals surface area contributed by atoms with Crippen LogP contribution in [0.3, 0.4) is 0 Å². The fourth-order valence-electron chi connectivity index (χ4n) is 1.87. The summed E-state index contributed by atoms with van der Waals surface area (Å²) in [6.45, 7) is 3.38. The third kappa shape index (κ3) is 2.98. The van der Waals surface area contributed by atoms with Crippen LogP contribution < -0.4 is 4.90 Å². The number of hydrogen-bond donors (Lipinski definition) is 0. The Balaban J connectivity index is 3.33. The van der Waals surface area contributed by atoms with Gasteiger partial charge in [-0.15, -0.1) is 0 Å². The lowest BCUT2D eigenvalue weighted by molar-refractivity contribution is -0.115. The lowest BCUT2D eigenvalue weighted by Gasteiger charge is -2.29. The molecule has 0 heterocycles. The van der Waals surface area contributed by atoms with Gasteiger partial charge in [-0.3, -0.25) is 4.79 Å². The summed E-state index contributed by atoms with van der Waals surface area (Å²) in [5.41, 5.74) is 1.36. The molecule has 0 saturated carbocycles. The van der Waals surface area contributed by atoms with Gasteiger partial charge in [-0.05, 0) is 31.5 Å². The Morgan fingerprint density at radius 2 is 2.10 bits per heavy atom. The topological polar surface area (TPSA) is 70.4 Å². The van der Waals surface area contributed by atoms with Crippen LogP contribution in [0, 0.1) is 18.3 Å². The van der Waals surface area contributed by atoms with Crippen LogP contribution in [0.5, 0.6) is 0 Å². The van der Waals surface area contributed by atoms with E-state index >= 15 is 0 Å². The van der Waals surface area contributed by atoms with Gasteiger partial charge < -0.3 is 14.4 Å². The highest BCUT2D eigenvalue weighted by molar-refractivity contribution is 6.33. The summed E-state index contributed by atoms with van der Waals surface area (Å²) in [4.78, 5) is 23.8. The number of aldehydes is 1. The Hall–Kier alpha value is -1.90. The van der Waals surface area contributed by atoms with Gasteiger partial charge in [0.05, 0.1) is 16.7 Å². The predicted octanol–water partition coefficient (Wildman–Crippen LogP) is 2.09. The van der Waals surface area contributed by atoms with Crippen LogP contribution in [-0.4, -0.2) is 32.0 Å². The van der Waals surface area contributed by atoms with E-state index in [9.17, 15) is 9.59 Å². The standard InChI is InChI=1S/C14H15ClN2O3/c1-9-12(5-4-11(6-16)14(9)15)17(8-19)13(7-18)10(2)20-3/h4-5,7-8,10,13H,1-3H3. The summed E-state index contributed by atoms with van der Waals surface area (Å²) in [5.74, 6) is 0. The lowest BCUT2D eigenvalue weighted by Crippen LogP contribution is -2.44. The van der Waals surface area contributed by atoms with E-state index in [0.717, 1.165) is 0 Å². The fourth-order valence-corrected chi connectivity index (χ4v) is 2.07. The molecule has 0 aromatic heterocycles. The van der Waals surface area contributed by atoms with Gasteiger partial charge in [0.2, 0.25) is 6.41 Å². The maximum Gasteiger partial charge on any atom is 0.214 e. The molecule has 2 atom stereocenters. The number of anilines is 1. The Kier molecular flexibility index (Phi) is 5.68. The molecule has 1 amide bonds. The first kappa shape index (κ1) is 16.2. The van der Waals surface area contributed by atoms with Crippen molar-refractivity contribution in [2.45, 2.75) is 26.0 Å². The summed E-state index contributed by atoms with van der Waals surface area (Å²) >= 11 is 6.08. The third-order valence-electron chi connectivity index (χ3n) is 3.18. The Bertz CT molecular complexity index is 554. The van der Waals surface area contributed by atoms with Crippen molar-refractivity contribution in [3.05, 3.63) is 28.3 Å². The van der Waals surface area contributed by atoms with E-state index < -0.39 is 12.1 Å². The largest absolute Gasteiger partial charge is 0.379 e. The molecule has 1 aromatic carbocycles. The molecular weight excluding hydrogens is 280 g/mol. The molecule has 1 aromatic rings. The Morgan fingerprint density at radius 3 is 2.55 bits per heavy atom. The lowest BCUT2D eigenvalue weighted by atomic mass is 10.1. The van der Waals surface area contributed by atoms with Gasteiger partial charge >= 0.3 is 0 Å². The number of nitrogens with zero attached hydrogens (tertiary/aromatic N) is 2. The van der Waals surface area contributed by atoms with E-state index in [0.29, 0.717) is 29.5 Å². The number of carbonyl (C=O) groups is 2. The zero-order valence-electron chi connectivity index (χ0n) is 11.5. The minimum atomic E-state index is -0.764. The average Bonchev–Trinajstić information content (AvgIpc) is 2.47. The number of ether oxygens (including phenoxy) is 1. The Morgan fingerprint density at radius 1 is 1.45 bits per heavy atom. The molecular formula is C14H15ClN2O3. The van der Waals surface area contributed by atoms with Crippen LogP contribution in [0.25, 0.3) is 0 Å². The number of benzene rings is 1. The number of rotatable bonds is 6. The van der Waals surface area contributed by atoms with Crippen LogP contribution in [-0.2, 0) is 14.3 Å². The second-order valence-corrected chi connectivity index (χ2v) is 4.64. The van der Waals surface area contributed by atoms with Gasteiger partial charge in [-0.25, -0.2) is 0 Å². The smallest absolute Gasteiger partial charge is 0.214 e. The molecule has 0 aliphatic rings. The van der Waals surface area contributed by atoms with Crippen molar-refractivity contribution in [1.29, 1.82) is 5.26 Å². The molecule has 0 aliphatic heterocycles. The van der Waals surface area contributed by atoms with Crippen molar-refractivity contribution < 1.29 is 14.3 Å². The molecule has 1 rings (SSSR count). The average molecular weight is 295 g/mol. The van der Waals surface area contributed by atoms with Gasteiger partial charge in [0.25, 0.3) is 0 Å². The monoisotopic (exact) mass is 294 g/mol. The van der Waals surface area contributed by atoms with Crippen molar-refractivity contribution in [2.75, 3.05) is 12.0 Å². The molecule has 0 bridgehead atoms. The Labute approximate surface area is 122 Å². The van der Waals surface area contributed by atoms with Gasteiger partial charge in [0, 0.05) is 12.8 Å². The van der Waals surface area contributed by atoms with Crippen molar-refractivity contribution in [1.82, 2.24) is 0 Å². The zero-order valence-corrected chi connectivity index (χ0v) is 12.2. The molecule has 2 unspecified atom stereocenters. The summed E-state index contributed by atoms with van der Waals surface area (Å²) in [5, 5.41) is 9.19. The molecule has 6 heteroatoms. The van der Waals surface area contributed by atoms with Crippen molar-refractivity contribution >= 4 is 30.0 Å². The second kappa shape index (κ2) is 7.04. The van der Waals surface area contributed by atoms with E-state index in [2.05, 4.69) is 0 Å². The number of methoxy groups -OCH3 is 1. The first-order valence-electron chi connectivity index (χ1n) is 5.92. The maximum atomic E-state index is 11.3. The van der Waals surface area contributed by atoms with E-state index in [1.54, 1.807) is 19.9 Å². The molecule has 0 radical (unpaired) electrons. The van der Waals surface area contributed by atoms with Gasteiger partial charge in [-0.2, -0.15) is 5.26 Å². The summed E-state index contributed by atoms with van der Waals surface area (Å²) in [6.07, 6.45) is 0.736. The molecule has 0 fully saturated rings. The molecule has 0 N–H and O–H groups in total. The predicted molar refractivity (Wildman–Crippen MR) is 75.8 cm³/mol. The van der Waals surface area contributed by atoms with E-state index in [4.69, 9.17) is 21.6 Å². The maximum absolute atomic E-state index is 11.3. The number of hydrogen-bond acceptors (Lipinski definition) is 4. The molecule has 0 aliphatic carbocycles.